The van der Waals surface area contributed by atoms with Crippen molar-refractivity contribution in [1.29, 1.82) is 0 Å². The van der Waals surface area contributed by atoms with Gasteiger partial charge in [0.05, 0.1) is 27.0 Å². The van der Waals surface area contributed by atoms with Gasteiger partial charge < -0.3 is 19.1 Å². The fraction of sp³-hybridized carbons (Fsp3) is 0.536. The third-order valence-corrected chi connectivity index (χ3v) is 7.56. The number of benzene rings is 2. The van der Waals surface area contributed by atoms with Gasteiger partial charge in [-0.25, -0.2) is 4.39 Å². The van der Waals surface area contributed by atoms with Crippen molar-refractivity contribution in [3.05, 3.63) is 53.8 Å². The summed E-state index contributed by atoms with van der Waals surface area (Å²) < 4.78 is 30.1. The number of nitrogens with zero attached hydrogens (tertiary/aromatic N) is 3. The van der Waals surface area contributed by atoms with E-state index in [0.29, 0.717) is 24.1 Å². The number of rotatable bonds is 9. The van der Waals surface area contributed by atoms with Crippen molar-refractivity contribution in [2.24, 2.45) is 5.92 Å². The van der Waals surface area contributed by atoms with Crippen LogP contribution in [0.1, 0.15) is 24.8 Å². The minimum Gasteiger partial charge on any atom is -0.493 e. The first-order valence-corrected chi connectivity index (χ1v) is 12.8. The van der Waals surface area contributed by atoms with E-state index >= 15 is 0 Å². The summed E-state index contributed by atoms with van der Waals surface area (Å²) in [5, 5.41) is 0. The Bertz CT molecular complexity index is 1010. The first-order valence-electron chi connectivity index (χ1n) is 12.8. The maximum Gasteiger partial charge on any atom is 0.305 e. The fourth-order valence-electron chi connectivity index (χ4n) is 5.65. The van der Waals surface area contributed by atoms with Crippen LogP contribution in [-0.2, 0) is 16.1 Å². The Labute approximate surface area is 213 Å². The molecule has 2 atom stereocenters. The number of likely N-dealkylation sites (tertiary alicyclic amines) is 1. The largest absolute Gasteiger partial charge is 0.493 e. The molecule has 0 N–H and O–H groups in total. The monoisotopic (exact) mass is 499 g/mol. The quantitative estimate of drug-likeness (QED) is 0.487. The number of piperidine rings is 1. The van der Waals surface area contributed by atoms with Crippen LogP contribution in [0.15, 0.2) is 42.5 Å². The number of hydrogen-bond donors (Lipinski definition) is 0. The second kappa shape index (κ2) is 12.4. The highest BCUT2D eigenvalue weighted by atomic mass is 19.1. The average Bonchev–Trinajstić information content (AvgIpc) is 2.92. The summed E-state index contributed by atoms with van der Waals surface area (Å²) in [7, 11) is 4.75. The maximum atomic E-state index is 14.3. The lowest BCUT2D eigenvalue weighted by atomic mass is 9.86. The van der Waals surface area contributed by atoms with E-state index in [1.54, 1.807) is 20.3 Å². The Hall–Kier alpha value is -2.84. The van der Waals surface area contributed by atoms with Crippen molar-refractivity contribution in [3.8, 4) is 11.5 Å². The minimum atomic E-state index is -0.162. The highest BCUT2D eigenvalue weighted by Gasteiger charge is 2.35. The van der Waals surface area contributed by atoms with E-state index in [4.69, 9.17) is 14.2 Å². The SMILES string of the molecule is COC(=O)CC[C@@H]1CN(Cc2ccc(OC)c(OC)c2)CC[C@@H]1N1CCN(c2ccccc2F)CC1. The average molecular weight is 500 g/mol. The Morgan fingerprint density at radius 1 is 0.972 bits per heavy atom. The van der Waals surface area contributed by atoms with Gasteiger partial charge in [-0.15, -0.1) is 0 Å². The molecule has 0 radical (unpaired) electrons. The third kappa shape index (κ3) is 6.28. The van der Waals surface area contributed by atoms with Crippen LogP contribution in [-0.4, -0.2) is 82.4 Å². The molecule has 2 aromatic carbocycles. The number of piperazine rings is 1. The molecule has 0 spiro atoms. The smallest absolute Gasteiger partial charge is 0.305 e. The van der Waals surface area contributed by atoms with Crippen molar-refractivity contribution < 1.29 is 23.4 Å². The molecular weight excluding hydrogens is 461 g/mol. The molecule has 0 bridgehead atoms. The molecule has 2 aliphatic heterocycles. The predicted molar refractivity (Wildman–Crippen MR) is 138 cm³/mol. The number of esters is 1. The zero-order valence-electron chi connectivity index (χ0n) is 21.6. The summed E-state index contributed by atoms with van der Waals surface area (Å²) >= 11 is 0. The van der Waals surface area contributed by atoms with E-state index in [1.165, 1.54) is 18.7 Å². The van der Waals surface area contributed by atoms with Crippen molar-refractivity contribution >= 4 is 11.7 Å². The van der Waals surface area contributed by atoms with Gasteiger partial charge in [0.15, 0.2) is 11.5 Å². The van der Waals surface area contributed by atoms with Gasteiger partial charge in [0, 0.05) is 51.7 Å². The number of ether oxygens (including phenoxy) is 3. The number of anilines is 1. The number of halogens is 1. The van der Waals surface area contributed by atoms with Crippen LogP contribution in [0.5, 0.6) is 11.5 Å². The van der Waals surface area contributed by atoms with E-state index < -0.39 is 0 Å². The van der Waals surface area contributed by atoms with Crippen molar-refractivity contribution in [2.45, 2.75) is 31.8 Å². The van der Waals surface area contributed by atoms with E-state index in [0.717, 1.165) is 70.2 Å². The van der Waals surface area contributed by atoms with Crippen LogP contribution in [0.2, 0.25) is 0 Å². The Morgan fingerprint density at radius 3 is 2.42 bits per heavy atom. The number of methoxy groups -OCH3 is 3. The standard InChI is InChI=1S/C28H38FN3O4/c1-34-26-10-8-21(18-27(26)35-2)19-30-13-12-24(22(20-30)9-11-28(33)36-3)31-14-16-32(17-15-31)25-7-5-4-6-23(25)29/h4-8,10,18,22,24H,9,11-17,19-20H2,1-3H3/t22-,24+/m1/s1. The molecule has 0 amide bonds. The predicted octanol–water partition coefficient (Wildman–Crippen LogP) is 3.81. The lowest BCUT2D eigenvalue weighted by Crippen LogP contribution is -2.56. The van der Waals surface area contributed by atoms with Gasteiger partial charge in [0.1, 0.15) is 5.82 Å². The van der Waals surface area contributed by atoms with Crippen LogP contribution in [0, 0.1) is 11.7 Å². The van der Waals surface area contributed by atoms with Crippen LogP contribution < -0.4 is 14.4 Å². The van der Waals surface area contributed by atoms with Crippen molar-refractivity contribution in [1.82, 2.24) is 9.80 Å². The Morgan fingerprint density at radius 2 is 1.72 bits per heavy atom. The van der Waals surface area contributed by atoms with Crippen LogP contribution in [0.25, 0.3) is 0 Å². The van der Waals surface area contributed by atoms with Gasteiger partial charge >= 0.3 is 5.97 Å². The molecule has 2 heterocycles. The first kappa shape index (κ1) is 26.2. The molecule has 0 aromatic heterocycles. The van der Waals surface area contributed by atoms with Gasteiger partial charge in [0.25, 0.3) is 0 Å². The molecule has 36 heavy (non-hydrogen) atoms. The fourth-order valence-corrected chi connectivity index (χ4v) is 5.65. The van der Waals surface area contributed by atoms with Crippen LogP contribution in [0.4, 0.5) is 10.1 Å². The summed E-state index contributed by atoms with van der Waals surface area (Å²) in [6.07, 6.45) is 2.27. The third-order valence-electron chi connectivity index (χ3n) is 7.56. The maximum absolute atomic E-state index is 14.3. The summed E-state index contributed by atoms with van der Waals surface area (Å²) in [6.45, 7) is 6.12. The second-order valence-electron chi connectivity index (χ2n) is 9.63. The molecule has 7 nitrogen and oxygen atoms in total. The van der Waals surface area contributed by atoms with Gasteiger partial charge in [-0.05, 0) is 55.1 Å². The van der Waals surface area contributed by atoms with Crippen molar-refractivity contribution in [3.63, 3.8) is 0 Å². The molecule has 8 heteroatoms. The molecule has 0 aliphatic carbocycles. The zero-order valence-corrected chi connectivity index (χ0v) is 21.6. The second-order valence-corrected chi connectivity index (χ2v) is 9.63. The normalized spacial score (nSPS) is 21.3. The van der Waals surface area contributed by atoms with E-state index in [9.17, 15) is 9.18 Å². The topological polar surface area (TPSA) is 54.5 Å². The van der Waals surface area contributed by atoms with Crippen LogP contribution >= 0.6 is 0 Å². The van der Waals surface area contributed by atoms with Gasteiger partial charge in [0.2, 0.25) is 0 Å². The van der Waals surface area contributed by atoms with E-state index in [-0.39, 0.29) is 11.8 Å². The molecule has 2 fully saturated rings. The molecular formula is C28H38FN3O4. The summed E-state index contributed by atoms with van der Waals surface area (Å²) in [4.78, 5) is 19.1. The van der Waals surface area contributed by atoms with E-state index in [1.807, 2.05) is 24.3 Å². The summed E-state index contributed by atoms with van der Waals surface area (Å²) in [5.41, 5.74) is 1.86. The lowest BCUT2D eigenvalue weighted by molar-refractivity contribution is -0.141. The van der Waals surface area contributed by atoms with E-state index in [2.05, 4.69) is 20.8 Å². The summed E-state index contributed by atoms with van der Waals surface area (Å²) in [6, 6.07) is 13.5. The number of hydrogen-bond acceptors (Lipinski definition) is 7. The molecule has 2 aliphatic rings. The Kier molecular flexibility index (Phi) is 9.04. The molecule has 0 unspecified atom stereocenters. The number of carbonyl (C=O) groups is 1. The minimum absolute atomic E-state index is 0.157. The van der Waals surface area contributed by atoms with Gasteiger partial charge in [-0.3, -0.25) is 14.6 Å². The molecule has 2 saturated heterocycles. The zero-order chi connectivity index (χ0) is 25.5. The van der Waals surface area contributed by atoms with Crippen LogP contribution in [0.3, 0.4) is 0 Å². The first-order chi connectivity index (χ1) is 17.5. The van der Waals surface area contributed by atoms with Gasteiger partial charge in [-0.1, -0.05) is 18.2 Å². The molecule has 0 saturated carbocycles. The molecule has 196 valence electrons. The highest BCUT2D eigenvalue weighted by Crippen LogP contribution is 2.32. The lowest BCUT2D eigenvalue weighted by Gasteiger charge is -2.47. The Balaban J connectivity index is 1.40. The highest BCUT2D eigenvalue weighted by molar-refractivity contribution is 5.69. The molecule has 4 rings (SSSR count). The summed E-state index contributed by atoms with van der Waals surface area (Å²) in [5.74, 6) is 1.50. The van der Waals surface area contributed by atoms with Crippen molar-refractivity contribution in [2.75, 3.05) is 65.5 Å². The number of carbonyl (C=O) groups excluding carboxylic acids is 1. The molecule has 2 aromatic rings. The number of para-hydroxylation sites is 1. The van der Waals surface area contributed by atoms with Gasteiger partial charge in [-0.2, -0.15) is 0 Å².